The largest absolute Gasteiger partial charge is 0.379 e. The van der Waals surface area contributed by atoms with Crippen molar-refractivity contribution in [2.45, 2.75) is 12.0 Å². The molecule has 1 aromatic carbocycles. The van der Waals surface area contributed by atoms with Crippen LogP contribution in [-0.2, 0) is 4.74 Å². The number of benzene rings is 1. The van der Waals surface area contributed by atoms with Crippen molar-refractivity contribution in [3.8, 4) is 0 Å². The van der Waals surface area contributed by atoms with E-state index in [0.717, 1.165) is 71.5 Å². The van der Waals surface area contributed by atoms with Gasteiger partial charge in [0.1, 0.15) is 0 Å². The highest BCUT2D eigenvalue weighted by atomic mass is 32.2. The monoisotopic (exact) mass is 443 g/mol. The summed E-state index contributed by atoms with van der Waals surface area (Å²) in [6, 6.07) is 10.5. The second-order valence-corrected chi connectivity index (χ2v) is 9.73. The van der Waals surface area contributed by atoms with E-state index in [1.807, 2.05) is 7.05 Å². The van der Waals surface area contributed by atoms with Gasteiger partial charge in [0.15, 0.2) is 5.96 Å². The first-order chi connectivity index (χ1) is 15.3. The number of nitrogens with one attached hydrogen (secondary N) is 1. The maximum atomic E-state index is 5.60. The van der Waals surface area contributed by atoms with Gasteiger partial charge in [-0.1, -0.05) is 42.5 Å². The SMILES string of the molecule is CN=C(NCC1(N2CCOCC2)CCSC1)N1CCN(C/C=C/c2ccccc2)CC1. The molecule has 0 aromatic heterocycles. The number of thioether (sulfide) groups is 1. The third-order valence-corrected chi connectivity index (χ3v) is 7.93. The first-order valence-corrected chi connectivity index (χ1v) is 12.7. The van der Waals surface area contributed by atoms with E-state index in [1.54, 1.807) is 0 Å². The maximum Gasteiger partial charge on any atom is 0.193 e. The summed E-state index contributed by atoms with van der Waals surface area (Å²) in [6.45, 7) is 10.0. The van der Waals surface area contributed by atoms with Gasteiger partial charge in [-0.2, -0.15) is 11.8 Å². The van der Waals surface area contributed by atoms with Gasteiger partial charge in [0.2, 0.25) is 0 Å². The zero-order valence-corrected chi connectivity index (χ0v) is 19.7. The first kappa shape index (κ1) is 22.6. The maximum absolute atomic E-state index is 5.60. The van der Waals surface area contributed by atoms with E-state index >= 15 is 0 Å². The van der Waals surface area contributed by atoms with E-state index in [-0.39, 0.29) is 5.54 Å². The molecule has 1 atom stereocenters. The van der Waals surface area contributed by atoms with Crippen LogP contribution in [0.3, 0.4) is 0 Å². The molecule has 3 aliphatic heterocycles. The third-order valence-electron chi connectivity index (χ3n) is 6.70. The van der Waals surface area contributed by atoms with Crippen LogP contribution < -0.4 is 5.32 Å². The Hall–Kier alpha value is -1.54. The lowest BCUT2D eigenvalue weighted by atomic mass is 9.95. The van der Waals surface area contributed by atoms with Crippen LogP contribution in [0.4, 0.5) is 0 Å². The van der Waals surface area contributed by atoms with Crippen molar-refractivity contribution in [3.05, 3.63) is 42.0 Å². The number of hydrogen-bond donors (Lipinski definition) is 1. The van der Waals surface area contributed by atoms with Gasteiger partial charge in [-0.25, -0.2) is 0 Å². The molecule has 1 aromatic rings. The summed E-state index contributed by atoms with van der Waals surface area (Å²) < 4.78 is 5.60. The first-order valence-electron chi connectivity index (χ1n) is 11.6. The Morgan fingerprint density at radius 1 is 1.13 bits per heavy atom. The summed E-state index contributed by atoms with van der Waals surface area (Å²) in [7, 11) is 1.92. The van der Waals surface area contributed by atoms with Crippen LogP contribution in [0.1, 0.15) is 12.0 Å². The number of piperazine rings is 1. The molecule has 0 saturated carbocycles. The molecule has 4 rings (SSSR count). The molecule has 6 nitrogen and oxygen atoms in total. The fourth-order valence-corrected chi connectivity index (χ4v) is 6.23. The lowest BCUT2D eigenvalue weighted by molar-refractivity contribution is -0.0122. The number of guanidine groups is 1. The molecular formula is C24H37N5OS. The molecule has 0 bridgehead atoms. The quantitative estimate of drug-likeness (QED) is 0.537. The van der Waals surface area contributed by atoms with E-state index < -0.39 is 0 Å². The summed E-state index contributed by atoms with van der Waals surface area (Å²) >= 11 is 2.09. The van der Waals surface area contributed by atoms with E-state index in [0.29, 0.717) is 0 Å². The molecule has 1 N–H and O–H groups in total. The number of ether oxygens (including phenoxy) is 1. The molecule has 0 spiro atoms. The van der Waals surface area contributed by atoms with E-state index in [4.69, 9.17) is 4.74 Å². The van der Waals surface area contributed by atoms with Gasteiger partial charge in [0.05, 0.1) is 13.2 Å². The van der Waals surface area contributed by atoms with Crippen LogP contribution >= 0.6 is 11.8 Å². The molecule has 31 heavy (non-hydrogen) atoms. The Labute approximate surface area is 191 Å². The molecule has 3 heterocycles. The molecule has 7 heteroatoms. The van der Waals surface area contributed by atoms with Crippen LogP contribution in [0, 0.1) is 0 Å². The number of morpholine rings is 1. The smallest absolute Gasteiger partial charge is 0.193 e. The van der Waals surface area contributed by atoms with E-state index in [1.165, 1.54) is 23.5 Å². The molecule has 0 amide bonds. The highest BCUT2D eigenvalue weighted by Gasteiger charge is 2.41. The Kier molecular flexibility index (Phi) is 8.30. The van der Waals surface area contributed by atoms with Crippen LogP contribution in [-0.4, -0.2) is 110 Å². The highest BCUT2D eigenvalue weighted by molar-refractivity contribution is 7.99. The van der Waals surface area contributed by atoms with Crippen molar-refractivity contribution in [2.24, 2.45) is 4.99 Å². The predicted molar refractivity (Wildman–Crippen MR) is 132 cm³/mol. The summed E-state index contributed by atoms with van der Waals surface area (Å²) in [5.74, 6) is 3.52. The molecule has 170 valence electrons. The van der Waals surface area contributed by atoms with Gasteiger partial charge in [0, 0.05) is 70.7 Å². The van der Waals surface area contributed by atoms with Crippen LogP contribution in [0.25, 0.3) is 6.08 Å². The molecule has 3 fully saturated rings. The van der Waals surface area contributed by atoms with E-state index in [9.17, 15) is 0 Å². The summed E-state index contributed by atoms with van der Waals surface area (Å²) in [5.41, 5.74) is 1.51. The second-order valence-electron chi connectivity index (χ2n) is 8.63. The number of aliphatic imine (C=N–C) groups is 1. The van der Waals surface area contributed by atoms with Crippen molar-refractivity contribution in [3.63, 3.8) is 0 Å². The lowest BCUT2D eigenvalue weighted by Crippen LogP contribution is -2.61. The minimum Gasteiger partial charge on any atom is -0.379 e. The zero-order valence-electron chi connectivity index (χ0n) is 18.8. The average molecular weight is 444 g/mol. The normalized spacial score (nSPS) is 26.6. The molecular weight excluding hydrogens is 406 g/mol. The standard InChI is InChI=1S/C24H37N5OS/c1-25-23(26-20-24(9-19-31-21-24)29-15-17-30-18-16-29)28-13-11-27(12-14-28)10-5-8-22-6-3-2-4-7-22/h2-8H,9-21H2,1H3,(H,25,26)/b8-5+. The van der Waals surface area contributed by atoms with Gasteiger partial charge < -0.3 is 15.0 Å². The molecule has 3 aliphatic rings. The summed E-state index contributed by atoms with van der Waals surface area (Å²) in [6.07, 6.45) is 5.75. The van der Waals surface area contributed by atoms with Gasteiger partial charge in [-0.05, 0) is 17.7 Å². The summed E-state index contributed by atoms with van der Waals surface area (Å²) in [5, 5.41) is 3.75. The molecule has 0 radical (unpaired) electrons. The van der Waals surface area contributed by atoms with Crippen LogP contribution in [0.5, 0.6) is 0 Å². The fraction of sp³-hybridized carbons (Fsp3) is 0.625. The Bertz CT molecular complexity index is 721. The molecule has 3 saturated heterocycles. The average Bonchev–Trinajstić information content (AvgIpc) is 3.32. The van der Waals surface area contributed by atoms with Crippen molar-refractivity contribution < 1.29 is 4.74 Å². The fourth-order valence-electron chi connectivity index (χ4n) is 4.75. The summed E-state index contributed by atoms with van der Waals surface area (Å²) in [4.78, 5) is 12.2. The zero-order chi connectivity index (χ0) is 21.4. The van der Waals surface area contributed by atoms with Gasteiger partial charge in [-0.3, -0.25) is 14.8 Å². The Morgan fingerprint density at radius 2 is 1.90 bits per heavy atom. The van der Waals surface area contributed by atoms with Crippen molar-refractivity contribution in [2.75, 3.05) is 84.1 Å². The van der Waals surface area contributed by atoms with Gasteiger partial charge in [-0.15, -0.1) is 0 Å². The minimum atomic E-state index is 0.244. The van der Waals surface area contributed by atoms with Crippen LogP contribution in [0.15, 0.2) is 41.4 Å². The predicted octanol–water partition coefficient (Wildman–Crippen LogP) is 2.10. The number of nitrogens with zero attached hydrogens (tertiary/aromatic N) is 4. The van der Waals surface area contributed by atoms with E-state index in [2.05, 4.69) is 79.3 Å². The lowest BCUT2D eigenvalue weighted by Gasteiger charge is -2.44. The molecule has 0 aliphatic carbocycles. The van der Waals surface area contributed by atoms with Gasteiger partial charge in [0.25, 0.3) is 0 Å². The van der Waals surface area contributed by atoms with Crippen LogP contribution in [0.2, 0.25) is 0 Å². The van der Waals surface area contributed by atoms with Gasteiger partial charge >= 0.3 is 0 Å². The Balaban J connectivity index is 1.25. The topological polar surface area (TPSA) is 43.3 Å². The van der Waals surface area contributed by atoms with Crippen molar-refractivity contribution in [1.29, 1.82) is 0 Å². The highest BCUT2D eigenvalue weighted by Crippen LogP contribution is 2.33. The Morgan fingerprint density at radius 3 is 2.58 bits per heavy atom. The minimum absolute atomic E-state index is 0.244. The van der Waals surface area contributed by atoms with Crippen molar-refractivity contribution in [1.82, 2.24) is 20.0 Å². The number of rotatable bonds is 6. The van der Waals surface area contributed by atoms with Crippen molar-refractivity contribution >= 4 is 23.8 Å². The number of hydrogen-bond acceptors (Lipinski definition) is 5. The third kappa shape index (κ3) is 6.04. The second kappa shape index (κ2) is 11.4. The molecule has 1 unspecified atom stereocenters.